The van der Waals surface area contributed by atoms with Gasteiger partial charge in [0.15, 0.2) is 5.65 Å². The van der Waals surface area contributed by atoms with Crippen molar-refractivity contribution in [1.82, 2.24) is 24.6 Å². The van der Waals surface area contributed by atoms with Gasteiger partial charge in [-0.2, -0.15) is 5.10 Å². The molecule has 1 aliphatic rings. The standard InChI is InChI=1S/C24H21N5OS/c30-22(28-13-11-19(12-14-28)18-7-3-1-4-8-18)16-31-24-21-15-27-29(23(21)25-17-26-24)20-9-5-2-6-10-20/h1-11,15,17H,12-14,16H2. The maximum Gasteiger partial charge on any atom is 0.233 e. The quantitative estimate of drug-likeness (QED) is 0.352. The molecule has 31 heavy (non-hydrogen) atoms. The predicted molar refractivity (Wildman–Crippen MR) is 123 cm³/mol. The molecule has 2 aromatic heterocycles. The molecule has 0 saturated heterocycles. The Kier molecular flexibility index (Phi) is 5.50. The lowest BCUT2D eigenvalue weighted by Gasteiger charge is -2.26. The van der Waals surface area contributed by atoms with Crippen molar-refractivity contribution in [2.75, 3.05) is 18.8 Å². The molecule has 3 heterocycles. The number of carbonyl (C=O) groups excluding carboxylic acids is 1. The Morgan fingerprint density at radius 3 is 2.52 bits per heavy atom. The molecule has 0 radical (unpaired) electrons. The maximum atomic E-state index is 12.8. The van der Waals surface area contributed by atoms with E-state index in [-0.39, 0.29) is 5.91 Å². The number of rotatable bonds is 5. The van der Waals surface area contributed by atoms with E-state index in [0.29, 0.717) is 12.3 Å². The summed E-state index contributed by atoms with van der Waals surface area (Å²) in [5.74, 6) is 0.465. The molecule has 6 nitrogen and oxygen atoms in total. The van der Waals surface area contributed by atoms with E-state index < -0.39 is 0 Å². The molecule has 0 saturated carbocycles. The third-order valence-corrected chi connectivity index (χ3v) is 6.36. The summed E-state index contributed by atoms with van der Waals surface area (Å²) in [7, 11) is 0. The van der Waals surface area contributed by atoms with Crippen LogP contribution in [0.15, 0.2) is 84.3 Å². The van der Waals surface area contributed by atoms with E-state index in [1.807, 2.05) is 53.4 Å². The van der Waals surface area contributed by atoms with Crippen LogP contribution in [0.2, 0.25) is 0 Å². The summed E-state index contributed by atoms with van der Waals surface area (Å²) in [4.78, 5) is 23.5. The van der Waals surface area contributed by atoms with E-state index in [9.17, 15) is 4.79 Å². The van der Waals surface area contributed by atoms with Crippen LogP contribution in [-0.2, 0) is 4.79 Å². The van der Waals surface area contributed by atoms with Crippen LogP contribution in [0.5, 0.6) is 0 Å². The van der Waals surface area contributed by atoms with Gasteiger partial charge in [-0.05, 0) is 29.7 Å². The van der Waals surface area contributed by atoms with Crippen LogP contribution in [0, 0.1) is 0 Å². The Labute approximate surface area is 184 Å². The monoisotopic (exact) mass is 427 g/mol. The number of aromatic nitrogens is 4. The molecule has 0 atom stereocenters. The van der Waals surface area contributed by atoms with E-state index in [0.717, 1.165) is 34.7 Å². The SMILES string of the molecule is O=C(CSc1ncnc2c1cnn2-c1ccccc1)N1CC=C(c2ccccc2)CC1. The Morgan fingerprint density at radius 1 is 1.00 bits per heavy atom. The zero-order chi connectivity index (χ0) is 21.0. The maximum absolute atomic E-state index is 12.8. The highest BCUT2D eigenvalue weighted by molar-refractivity contribution is 8.00. The smallest absolute Gasteiger partial charge is 0.233 e. The Balaban J connectivity index is 1.27. The van der Waals surface area contributed by atoms with E-state index in [4.69, 9.17) is 0 Å². The average Bonchev–Trinajstić information content (AvgIpc) is 3.29. The summed E-state index contributed by atoms with van der Waals surface area (Å²) >= 11 is 1.44. The second kappa shape index (κ2) is 8.73. The summed E-state index contributed by atoms with van der Waals surface area (Å²) in [6, 6.07) is 20.2. The summed E-state index contributed by atoms with van der Waals surface area (Å²) in [6.07, 6.45) is 6.34. The van der Waals surface area contributed by atoms with Crippen molar-refractivity contribution in [3.63, 3.8) is 0 Å². The van der Waals surface area contributed by atoms with Gasteiger partial charge in [-0.25, -0.2) is 14.6 Å². The van der Waals surface area contributed by atoms with Crippen LogP contribution in [0.3, 0.4) is 0 Å². The molecule has 1 aliphatic heterocycles. The number of amides is 1. The first kappa shape index (κ1) is 19.5. The van der Waals surface area contributed by atoms with Gasteiger partial charge >= 0.3 is 0 Å². The Bertz CT molecular complexity index is 1240. The van der Waals surface area contributed by atoms with Crippen LogP contribution >= 0.6 is 11.8 Å². The van der Waals surface area contributed by atoms with E-state index >= 15 is 0 Å². The molecular formula is C24H21N5OS. The van der Waals surface area contributed by atoms with E-state index in [2.05, 4.69) is 33.3 Å². The number of hydrogen-bond acceptors (Lipinski definition) is 5. The lowest BCUT2D eigenvalue weighted by atomic mass is 10.00. The van der Waals surface area contributed by atoms with Crippen molar-refractivity contribution in [2.24, 2.45) is 0 Å². The number of para-hydroxylation sites is 1. The summed E-state index contributed by atoms with van der Waals surface area (Å²) in [5, 5.41) is 6.11. The molecule has 0 N–H and O–H groups in total. The second-order valence-corrected chi connectivity index (χ2v) is 8.25. The molecule has 7 heteroatoms. The van der Waals surface area contributed by atoms with Gasteiger partial charge in [0.1, 0.15) is 11.4 Å². The minimum absolute atomic E-state index is 0.121. The van der Waals surface area contributed by atoms with Crippen LogP contribution in [0.25, 0.3) is 22.3 Å². The summed E-state index contributed by atoms with van der Waals surface area (Å²) < 4.78 is 1.80. The van der Waals surface area contributed by atoms with Gasteiger partial charge in [0, 0.05) is 13.1 Å². The van der Waals surface area contributed by atoms with Gasteiger partial charge in [0.05, 0.1) is 23.0 Å². The largest absolute Gasteiger partial charge is 0.338 e. The molecule has 5 rings (SSSR count). The van der Waals surface area contributed by atoms with Crippen molar-refractivity contribution in [2.45, 2.75) is 11.4 Å². The predicted octanol–water partition coefficient (Wildman–Crippen LogP) is 4.22. The summed E-state index contributed by atoms with van der Waals surface area (Å²) in [5.41, 5.74) is 4.23. The fourth-order valence-corrected chi connectivity index (χ4v) is 4.59. The highest BCUT2D eigenvalue weighted by atomic mass is 32.2. The van der Waals surface area contributed by atoms with Gasteiger partial charge in [-0.1, -0.05) is 66.4 Å². The molecular weight excluding hydrogens is 406 g/mol. The molecule has 0 spiro atoms. The highest BCUT2D eigenvalue weighted by Crippen LogP contribution is 2.27. The minimum Gasteiger partial charge on any atom is -0.338 e. The molecule has 0 unspecified atom stereocenters. The molecule has 0 aliphatic carbocycles. The lowest BCUT2D eigenvalue weighted by molar-refractivity contribution is -0.127. The van der Waals surface area contributed by atoms with Crippen LogP contribution < -0.4 is 0 Å². The van der Waals surface area contributed by atoms with Crippen molar-refractivity contribution < 1.29 is 4.79 Å². The lowest BCUT2D eigenvalue weighted by Crippen LogP contribution is -2.35. The van der Waals surface area contributed by atoms with E-state index in [1.165, 1.54) is 29.2 Å². The van der Waals surface area contributed by atoms with Gasteiger partial charge < -0.3 is 4.90 Å². The topological polar surface area (TPSA) is 63.9 Å². The first-order chi connectivity index (χ1) is 15.3. The first-order valence-electron chi connectivity index (χ1n) is 10.2. The Morgan fingerprint density at radius 2 is 1.77 bits per heavy atom. The normalized spacial score (nSPS) is 13.9. The van der Waals surface area contributed by atoms with Crippen LogP contribution in [-0.4, -0.2) is 49.4 Å². The number of fused-ring (bicyclic) bond motifs is 1. The van der Waals surface area contributed by atoms with Crippen molar-refractivity contribution in [3.05, 3.63) is 84.8 Å². The summed E-state index contributed by atoms with van der Waals surface area (Å²) in [6.45, 7) is 1.39. The molecule has 0 fully saturated rings. The van der Waals surface area contributed by atoms with Crippen molar-refractivity contribution >= 4 is 34.3 Å². The van der Waals surface area contributed by atoms with Crippen LogP contribution in [0.1, 0.15) is 12.0 Å². The fourth-order valence-electron chi connectivity index (χ4n) is 3.73. The number of thioether (sulfide) groups is 1. The third-order valence-electron chi connectivity index (χ3n) is 5.37. The highest BCUT2D eigenvalue weighted by Gasteiger charge is 2.19. The van der Waals surface area contributed by atoms with Crippen molar-refractivity contribution in [3.8, 4) is 5.69 Å². The molecule has 4 aromatic rings. The molecule has 0 bridgehead atoms. The first-order valence-corrected chi connectivity index (χ1v) is 11.2. The number of nitrogens with zero attached hydrogens (tertiary/aromatic N) is 5. The Hall–Kier alpha value is -3.45. The van der Waals surface area contributed by atoms with Crippen molar-refractivity contribution in [1.29, 1.82) is 0 Å². The van der Waals surface area contributed by atoms with Gasteiger partial charge in [-0.3, -0.25) is 4.79 Å². The van der Waals surface area contributed by atoms with Gasteiger partial charge in [0.25, 0.3) is 0 Å². The number of hydrogen-bond donors (Lipinski definition) is 0. The van der Waals surface area contributed by atoms with Gasteiger partial charge in [0.2, 0.25) is 5.91 Å². The van der Waals surface area contributed by atoms with Crippen LogP contribution in [0.4, 0.5) is 0 Å². The number of benzene rings is 2. The second-order valence-electron chi connectivity index (χ2n) is 7.28. The molecule has 2 aromatic carbocycles. The van der Waals surface area contributed by atoms with E-state index in [1.54, 1.807) is 10.9 Å². The zero-order valence-electron chi connectivity index (χ0n) is 16.9. The average molecular weight is 428 g/mol. The fraction of sp³-hybridized carbons (Fsp3) is 0.167. The molecule has 1 amide bonds. The third kappa shape index (κ3) is 4.09. The zero-order valence-corrected chi connectivity index (χ0v) is 17.7. The molecule has 154 valence electrons. The van der Waals surface area contributed by atoms with Gasteiger partial charge in [-0.15, -0.1) is 0 Å². The number of carbonyl (C=O) groups is 1. The minimum atomic E-state index is 0.121.